The Morgan fingerprint density at radius 1 is 0.914 bits per heavy atom. The SMILES string of the molecule is COc1nc2c(c(C)nn2-c2ccccc2)c(C)c1CCC(=O)N1CCN(c2ccccc2)CC1. The molecule has 7 nitrogen and oxygen atoms in total. The van der Waals surface area contributed by atoms with E-state index in [1.54, 1.807) is 7.11 Å². The molecule has 1 aliphatic rings. The van der Waals surface area contributed by atoms with Gasteiger partial charge in [-0.2, -0.15) is 10.1 Å². The fourth-order valence-corrected chi connectivity index (χ4v) is 4.99. The highest BCUT2D eigenvalue weighted by Crippen LogP contribution is 2.32. The van der Waals surface area contributed by atoms with Crippen molar-refractivity contribution in [3.05, 3.63) is 77.5 Å². The molecule has 1 saturated heterocycles. The van der Waals surface area contributed by atoms with Gasteiger partial charge in [0.05, 0.1) is 18.5 Å². The summed E-state index contributed by atoms with van der Waals surface area (Å²) in [6.45, 7) is 7.26. The summed E-state index contributed by atoms with van der Waals surface area (Å²) < 4.78 is 7.55. The zero-order chi connectivity index (χ0) is 24.4. The Morgan fingerprint density at radius 3 is 2.17 bits per heavy atom. The van der Waals surface area contributed by atoms with Crippen molar-refractivity contribution >= 4 is 22.6 Å². The molecule has 1 aliphatic heterocycles. The van der Waals surface area contributed by atoms with Gasteiger partial charge >= 0.3 is 0 Å². The van der Waals surface area contributed by atoms with Gasteiger partial charge in [0.1, 0.15) is 0 Å². The molecule has 0 radical (unpaired) electrons. The molecule has 0 spiro atoms. The highest BCUT2D eigenvalue weighted by atomic mass is 16.5. The number of ether oxygens (including phenoxy) is 1. The molecule has 0 aliphatic carbocycles. The van der Waals surface area contributed by atoms with E-state index in [2.05, 4.69) is 36.1 Å². The minimum Gasteiger partial charge on any atom is -0.481 e. The lowest BCUT2D eigenvalue weighted by Crippen LogP contribution is -2.48. The summed E-state index contributed by atoms with van der Waals surface area (Å²) in [4.78, 5) is 22.2. The first-order valence-corrected chi connectivity index (χ1v) is 12.1. The molecule has 180 valence electrons. The Hall–Kier alpha value is -3.87. The molecule has 5 rings (SSSR count). The molecule has 0 bridgehead atoms. The highest BCUT2D eigenvalue weighted by Gasteiger charge is 2.24. The average molecular weight is 470 g/mol. The van der Waals surface area contributed by atoms with Gasteiger partial charge in [0.15, 0.2) is 5.65 Å². The average Bonchev–Trinajstić information content (AvgIpc) is 3.25. The predicted molar refractivity (Wildman–Crippen MR) is 138 cm³/mol. The second kappa shape index (κ2) is 9.78. The molecule has 0 N–H and O–H groups in total. The Balaban J connectivity index is 1.33. The predicted octanol–water partition coefficient (Wildman–Crippen LogP) is 4.33. The summed E-state index contributed by atoms with van der Waals surface area (Å²) in [5.41, 5.74) is 5.92. The zero-order valence-corrected chi connectivity index (χ0v) is 20.6. The lowest BCUT2D eigenvalue weighted by atomic mass is 10.0. The number of benzene rings is 2. The maximum absolute atomic E-state index is 13.1. The van der Waals surface area contributed by atoms with Gasteiger partial charge in [-0.25, -0.2) is 4.68 Å². The monoisotopic (exact) mass is 469 g/mol. The van der Waals surface area contributed by atoms with Crippen LogP contribution in [0.3, 0.4) is 0 Å². The number of anilines is 1. The van der Waals surface area contributed by atoms with Crippen LogP contribution in [0.15, 0.2) is 60.7 Å². The fourth-order valence-electron chi connectivity index (χ4n) is 4.99. The smallest absolute Gasteiger partial charge is 0.223 e. The number of fused-ring (bicyclic) bond motifs is 1. The molecule has 7 heteroatoms. The molecule has 0 atom stereocenters. The highest BCUT2D eigenvalue weighted by molar-refractivity contribution is 5.86. The topological polar surface area (TPSA) is 63.5 Å². The summed E-state index contributed by atoms with van der Waals surface area (Å²) in [5.74, 6) is 0.741. The molecule has 1 fully saturated rings. The lowest BCUT2D eigenvalue weighted by Gasteiger charge is -2.36. The number of rotatable bonds is 6. The molecular weight excluding hydrogens is 438 g/mol. The second-order valence-corrected chi connectivity index (χ2v) is 8.96. The third kappa shape index (κ3) is 4.46. The summed E-state index contributed by atoms with van der Waals surface area (Å²) >= 11 is 0. The first-order valence-electron chi connectivity index (χ1n) is 12.1. The molecule has 4 aromatic rings. The van der Waals surface area contributed by atoms with Gasteiger partial charge in [0, 0.05) is 49.2 Å². The summed E-state index contributed by atoms with van der Waals surface area (Å²) in [7, 11) is 1.64. The fraction of sp³-hybridized carbons (Fsp3) is 0.321. The van der Waals surface area contributed by atoms with E-state index in [0.29, 0.717) is 18.7 Å². The molecule has 2 aromatic carbocycles. The standard InChI is InChI=1S/C28H31N5O2/c1-20-24(14-15-25(34)32-18-16-31(17-19-32)22-10-6-4-7-11-22)28(35-3)29-27-26(20)21(2)30-33(27)23-12-8-5-9-13-23/h4-13H,14-19H2,1-3H3. The van der Waals surface area contributed by atoms with Gasteiger partial charge in [-0.1, -0.05) is 36.4 Å². The quantitative estimate of drug-likeness (QED) is 0.421. The van der Waals surface area contributed by atoms with Crippen molar-refractivity contribution in [2.45, 2.75) is 26.7 Å². The Morgan fingerprint density at radius 2 is 1.54 bits per heavy atom. The van der Waals surface area contributed by atoms with Crippen molar-refractivity contribution in [2.75, 3.05) is 38.2 Å². The van der Waals surface area contributed by atoms with Gasteiger partial charge in [-0.05, 0) is 50.1 Å². The Labute approximate surface area is 205 Å². The number of para-hydroxylation sites is 2. The second-order valence-electron chi connectivity index (χ2n) is 8.96. The van der Waals surface area contributed by atoms with Crippen LogP contribution < -0.4 is 9.64 Å². The molecule has 0 unspecified atom stereocenters. The van der Waals surface area contributed by atoms with Crippen LogP contribution >= 0.6 is 0 Å². The van der Waals surface area contributed by atoms with Crippen LogP contribution in [-0.4, -0.2) is 58.9 Å². The van der Waals surface area contributed by atoms with Gasteiger partial charge in [0.25, 0.3) is 0 Å². The van der Waals surface area contributed by atoms with E-state index in [1.165, 1.54) is 5.69 Å². The number of piperazine rings is 1. The molecule has 0 saturated carbocycles. The molecule has 1 amide bonds. The number of aromatic nitrogens is 3. The van der Waals surface area contributed by atoms with Gasteiger partial charge in [0.2, 0.25) is 11.8 Å². The van der Waals surface area contributed by atoms with E-state index in [9.17, 15) is 4.79 Å². The number of methoxy groups -OCH3 is 1. The summed E-state index contributed by atoms with van der Waals surface area (Å²) in [6, 6.07) is 20.4. The lowest BCUT2D eigenvalue weighted by molar-refractivity contribution is -0.131. The van der Waals surface area contributed by atoms with Crippen molar-refractivity contribution in [1.82, 2.24) is 19.7 Å². The van der Waals surface area contributed by atoms with Crippen molar-refractivity contribution in [3.8, 4) is 11.6 Å². The molecule has 2 aromatic heterocycles. The maximum atomic E-state index is 13.1. The largest absolute Gasteiger partial charge is 0.481 e. The molecule has 35 heavy (non-hydrogen) atoms. The number of carbonyl (C=O) groups excluding carboxylic acids is 1. The van der Waals surface area contributed by atoms with Crippen molar-refractivity contribution in [1.29, 1.82) is 0 Å². The number of aryl methyl sites for hydroxylation is 2. The molecular formula is C28H31N5O2. The van der Waals surface area contributed by atoms with Crippen LogP contribution in [0.2, 0.25) is 0 Å². The van der Waals surface area contributed by atoms with Crippen LogP contribution in [0.4, 0.5) is 5.69 Å². The van der Waals surface area contributed by atoms with Gasteiger partial charge in [-0.3, -0.25) is 4.79 Å². The van der Waals surface area contributed by atoms with Crippen molar-refractivity contribution < 1.29 is 9.53 Å². The van der Waals surface area contributed by atoms with Gasteiger partial charge < -0.3 is 14.5 Å². The van der Waals surface area contributed by atoms with E-state index in [-0.39, 0.29) is 5.91 Å². The normalized spacial score (nSPS) is 13.9. The van der Waals surface area contributed by atoms with Crippen LogP contribution in [0.1, 0.15) is 23.2 Å². The summed E-state index contributed by atoms with van der Waals surface area (Å²) in [5, 5.41) is 5.78. The molecule has 3 heterocycles. The van der Waals surface area contributed by atoms with E-state index >= 15 is 0 Å². The first-order chi connectivity index (χ1) is 17.1. The van der Waals surface area contributed by atoms with Crippen LogP contribution in [0, 0.1) is 13.8 Å². The number of nitrogens with zero attached hydrogens (tertiary/aromatic N) is 5. The number of amides is 1. The number of hydrogen-bond acceptors (Lipinski definition) is 5. The zero-order valence-electron chi connectivity index (χ0n) is 20.6. The van der Waals surface area contributed by atoms with Crippen LogP contribution in [0.5, 0.6) is 5.88 Å². The Bertz CT molecular complexity index is 1330. The maximum Gasteiger partial charge on any atom is 0.223 e. The summed E-state index contributed by atoms with van der Waals surface area (Å²) in [6.07, 6.45) is 1.02. The Kier molecular flexibility index (Phi) is 6.40. The minimum absolute atomic E-state index is 0.177. The van der Waals surface area contributed by atoms with E-state index < -0.39 is 0 Å². The number of hydrogen-bond donors (Lipinski definition) is 0. The third-order valence-corrected chi connectivity index (χ3v) is 6.87. The van der Waals surface area contributed by atoms with Crippen molar-refractivity contribution in [2.24, 2.45) is 0 Å². The minimum atomic E-state index is 0.177. The van der Waals surface area contributed by atoms with E-state index in [0.717, 1.165) is 59.7 Å². The van der Waals surface area contributed by atoms with Crippen LogP contribution in [-0.2, 0) is 11.2 Å². The van der Waals surface area contributed by atoms with E-state index in [4.69, 9.17) is 14.8 Å². The third-order valence-electron chi connectivity index (χ3n) is 6.87. The van der Waals surface area contributed by atoms with Crippen molar-refractivity contribution in [3.63, 3.8) is 0 Å². The van der Waals surface area contributed by atoms with Gasteiger partial charge in [-0.15, -0.1) is 0 Å². The number of carbonyl (C=O) groups is 1. The first kappa shape index (κ1) is 22.9. The van der Waals surface area contributed by atoms with E-state index in [1.807, 2.05) is 52.9 Å². The number of pyridine rings is 1. The van der Waals surface area contributed by atoms with Crippen LogP contribution in [0.25, 0.3) is 16.7 Å².